The number of amides is 11. The standard InChI is InChI=1S/C62H87N13O11/c1-38(2)65-30-12-10-19-46(55(63)79)71-59(83)49-28-29-53(77)70-51(34-40-15-6-5-7-16-40)60(84)75-52(35-41-23-26-45(76)27-24-41)61(85)73-47(20-11-13-31-66-39(3)4)57(81)72-48(21-14-32-67-62(64)86)58(82)74-50(56(80)68-37-54(78)69-49)36-42-22-25-43-17-8-9-18-44(43)33-42/h5-9,15-18,22-27,33,38-39,46-52,65-66,76H,10-14,19-21,28-32,34-37H2,1-4H3,(H2,63,79)(H,68,80)(H,69,78)(H,70,77)(H,71,83)(H,72,81)(H,73,85)(H,74,82)(H,75,84)(H3,64,67,86)/t46-,47?,48?,49?,50?,51?,52-/m0/s1. The van der Waals surface area contributed by atoms with E-state index in [2.05, 4.69) is 58.5 Å². The zero-order valence-electron chi connectivity index (χ0n) is 49.6. The number of fused-ring (bicyclic) bond motifs is 1. The summed E-state index contributed by atoms with van der Waals surface area (Å²) in [6.45, 7) is 8.43. The molecule has 24 heteroatoms. The van der Waals surface area contributed by atoms with E-state index in [1.54, 1.807) is 48.5 Å². The number of unbranched alkanes of at least 4 members (excludes halogenated alkanes) is 2. The van der Waals surface area contributed by atoms with Crippen molar-refractivity contribution < 1.29 is 53.1 Å². The number of rotatable bonds is 25. The normalized spacial score (nSPS) is 20.1. The van der Waals surface area contributed by atoms with Gasteiger partial charge in [0.1, 0.15) is 48.0 Å². The maximum Gasteiger partial charge on any atom is 0.312 e. The summed E-state index contributed by atoms with van der Waals surface area (Å²) < 4.78 is 0. The van der Waals surface area contributed by atoms with Gasteiger partial charge in [-0.15, -0.1) is 0 Å². The molecule has 5 unspecified atom stereocenters. The van der Waals surface area contributed by atoms with Gasteiger partial charge in [0.05, 0.1) is 6.54 Å². The fourth-order valence-electron chi connectivity index (χ4n) is 9.72. The molecule has 4 aromatic rings. The predicted octanol–water partition coefficient (Wildman–Crippen LogP) is 1.15. The van der Waals surface area contributed by atoms with Crippen molar-refractivity contribution in [3.05, 3.63) is 114 Å². The Balaban J connectivity index is 1.58. The lowest BCUT2D eigenvalue weighted by Crippen LogP contribution is -2.60. The van der Waals surface area contributed by atoms with Crippen LogP contribution in [0.1, 0.15) is 109 Å². The lowest BCUT2D eigenvalue weighted by atomic mass is 10.00. The third-order valence-electron chi connectivity index (χ3n) is 14.4. The second-order valence-electron chi connectivity index (χ2n) is 22.3. The zero-order valence-corrected chi connectivity index (χ0v) is 49.6. The van der Waals surface area contributed by atoms with E-state index in [4.69, 9.17) is 11.5 Å². The molecule has 1 aliphatic rings. The predicted molar refractivity (Wildman–Crippen MR) is 325 cm³/mol. The van der Waals surface area contributed by atoms with Gasteiger partial charge in [0.2, 0.25) is 53.2 Å². The van der Waals surface area contributed by atoms with E-state index in [0.717, 1.165) is 10.8 Å². The first-order chi connectivity index (χ1) is 41.1. The van der Waals surface area contributed by atoms with E-state index in [9.17, 15) is 53.1 Å². The molecular formula is C62H87N13O11. The molecule has 11 amide bonds. The van der Waals surface area contributed by atoms with Gasteiger partial charge in [0, 0.05) is 44.3 Å². The van der Waals surface area contributed by atoms with Gasteiger partial charge >= 0.3 is 6.03 Å². The Morgan fingerprint density at radius 2 is 1.05 bits per heavy atom. The van der Waals surface area contributed by atoms with Crippen LogP contribution in [0.2, 0.25) is 0 Å². The summed E-state index contributed by atoms with van der Waals surface area (Å²) in [4.78, 5) is 140. The number of hydrogen-bond acceptors (Lipinski definition) is 13. The van der Waals surface area contributed by atoms with E-state index < -0.39 is 114 Å². The summed E-state index contributed by atoms with van der Waals surface area (Å²) >= 11 is 0. The van der Waals surface area contributed by atoms with E-state index in [1.165, 1.54) is 12.1 Å². The lowest BCUT2D eigenvalue weighted by Gasteiger charge is -2.27. The molecule has 24 nitrogen and oxygen atoms in total. The van der Waals surface area contributed by atoms with Crippen LogP contribution in [0.25, 0.3) is 10.8 Å². The summed E-state index contributed by atoms with van der Waals surface area (Å²) in [5.74, 6) is -7.43. The minimum Gasteiger partial charge on any atom is -0.508 e. The van der Waals surface area contributed by atoms with Crippen molar-refractivity contribution in [2.45, 2.75) is 166 Å². The number of nitrogens with one attached hydrogen (secondary N) is 11. The van der Waals surface area contributed by atoms with Crippen LogP contribution in [0.15, 0.2) is 97.1 Å². The summed E-state index contributed by atoms with van der Waals surface area (Å²) in [5.41, 5.74) is 12.9. The molecule has 0 radical (unpaired) electrons. The SMILES string of the molecule is CC(C)NCCCCC1NC(=O)[C@H](Cc2ccc(O)cc2)NC(=O)C(Cc2ccccc2)NC(=O)CCC(C(=O)N[C@@H](CCCCNC(C)C)C(N)=O)NC(=O)CNC(=O)C(Cc2ccc3ccccc3c2)NC(=O)C(CCCNC(N)=O)NC1=O. The van der Waals surface area contributed by atoms with Crippen molar-refractivity contribution in [3.8, 4) is 5.75 Å². The highest BCUT2D eigenvalue weighted by molar-refractivity contribution is 5.98. The third-order valence-corrected chi connectivity index (χ3v) is 14.4. The monoisotopic (exact) mass is 1190 g/mol. The average molecular weight is 1190 g/mol. The number of benzene rings is 4. The lowest BCUT2D eigenvalue weighted by molar-refractivity contribution is -0.135. The molecule has 16 N–H and O–H groups in total. The van der Waals surface area contributed by atoms with Gasteiger partial charge in [-0.25, -0.2) is 4.79 Å². The number of phenolic OH excluding ortho intramolecular Hbond substituents is 1. The highest BCUT2D eigenvalue weighted by Crippen LogP contribution is 2.18. The summed E-state index contributed by atoms with van der Waals surface area (Å²) in [5, 5.41) is 42.7. The Bertz CT molecular complexity index is 2910. The molecule has 0 aliphatic carbocycles. The molecule has 0 saturated carbocycles. The molecule has 0 spiro atoms. The van der Waals surface area contributed by atoms with Crippen LogP contribution < -0.4 is 70.0 Å². The number of phenols is 1. The van der Waals surface area contributed by atoms with Gasteiger partial charge in [0.25, 0.3) is 0 Å². The van der Waals surface area contributed by atoms with E-state index in [0.29, 0.717) is 55.5 Å². The van der Waals surface area contributed by atoms with Gasteiger partial charge in [0.15, 0.2) is 0 Å². The maximum absolute atomic E-state index is 14.9. The number of urea groups is 1. The van der Waals surface area contributed by atoms with Gasteiger partial charge < -0.3 is 75.1 Å². The van der Waals surface area contributed by atoms with Crippen LogP contribution in [0.3, 0.4) is 0 Å². The fraction of sp³-hybridized carbons (Fsp3) is 0.484. The first-order valence-corrected chi connectivity index (χ1v) is 29.6. The molecule has 5 rings (SSSR count). The molecule has 1 fully saturated rings. The Kier molecular flexibility index (Phi) is 28.2. The molecule has 7 atom stereocenters. The minimum atomic E-state index is -1.50. The highest BCUT2D eigenvalue weighted by Gasteiger charge is 2.34. The largest absolute Gasteiger partial charge is 0.508 e. The van der Waals surface area contributed by atoms with E-state index in [1.807, 2.05) is 64.1 Å². The second-order valence-corrected chi connectivity index (χ2v) is 22.3. The van der Waals surface area contributed by atoms with Crippen LogP contribution in [0.5, 0.6) is 5.75 Å². The van der Waals surface area contributed by atoms with Crippen LogP contribution in [0, 0.1) is 0 Å². The number of primary amides is 2. The van der Waals surface area contributed by atoms with Crippen molar-refractivity contribution in [2.24, 2.45) is 11.5 Å². The van der Waals surface area contributed by atoms with Crippen molar-refractivity contribution in [2.75, 3.05) is 26.2 Å². The number of aromatic hydroxyl groups is 1. The van der Waals surface area contributed by atoms with Crippen LogP contribution in [-0.2, 0) is 62.4 Å². The molecule has 1 saturated heterocycles. The maximum atomic E-state index is 14.9. The van der Waals surface area contributed by atoms with Crippen LogP contribution in [-0.4, -0.2) is 145 Å². The number of carbonyl (C=O) groups excluding carboxylic acids is 10. The molecular weight excluding hydrogens is 1100 g/mol. The smallest absolute Gasteiger partial charge is 0.312 e. The Morgan fingerprint density at radius 1 is 0.535 bits per heavy atom. The van der Waals surface area contributed by atoms with Crippen molar-refractivity contribution in [1.29, 1.82) is 0 Å². The number of nitrogens with two attached hydrogens (primary N) is 2. The zero-order chi connectivity index (χ0) is 62.5. The van der Waals surface area contributed by atoms with Crippen LogP contribution in [0.4, 0.5) is 4.79 Å². The molecule has 0 aromatic heterocycles. The molecule has 1 aliphatic heterocycles. The third kappa shape index (κ3) is 24.5. The Morgan fingerprint density at radius 3 is 1.65 bits per heavy atom. The van der Waals surface area contributed by atoms with Crippen molar-refractivity contribution >= 4 is 70.0 Å². The van der Waals surface area contributed by atoms with Gasteiger partial charge in [-0.1, -0.05) is 113 Å². The molecule has 4 aromatic carbocycles. The minimum absolute atomic E-state index is 0.00314. The van der Waals surface area contributed by atoms with Gasteiger partial charge in [-0.2, -0.15) is 0 Å². The summed E-state index contributed by atoms with van der Waals surface area (Å²) in [6.07, 6.45) is 1.17. The summed E-state index contributed by atoms with van der Waals surface area (Å²) in [6, 6.07) is 17.7. The topological polar surface area (TPSA) is 375 Å². The molecule has 0 bridgehead atoms. The number of carbonyl (C=O) groups is 10. The Hall–Kier alpha value is -8.64. The van der Waals surface area contributed by atoms with E-state index >= 15 is 0 Å². The van der Waals surface area contributed by atoms with Gasteiger partial charge in [-0.3, -0.25) is 43.2 Å². The molecule has 466 valence electrons. The van der Waals surface area contributed by atoms with E-state index in [-0.39, 0.29) is 75.7 Å². The molecule has 86 heavy (non-hydrogen) atoms. The van der Waals surface area contributed by atoms with Crippen molar-refractivity contribution in [1.82, 2.24) is 58.5 Å². The average Bonchev–Trinajstić information content (AvgIpc) is 3.47. The first-order valence-electron chi connectivity index (χ1n) is 29.6. The van der Waals surface area contributed by atoms with Gasteiger partial charge in [-0.05, 0) is 110 Å². The summed E-state index contributed by atoms with van der Waals surface area (Å²) in [7, 11) is 0. The van der Waals surface area contributed by atoms with Crippen LogP contribution >= 0.6 is 0 Å². The first kappa shape index (κ1) is 68.1. The Labute approximate surface area is 502 Å². The second kappa shape index (κ2) is 35.6. The molecule has 1 heterocycles. The quantitative estimate of drug-likeness (QED) is 0.0415. The highest BCUT2D eigenvalue weighted by atomic mass is 16.3. The number of hydrogen-bond donors (Lipinski definition) is 14. The fourth-order valence-corrected chi connectivity index (χ4v) is 9.72. The van der Waals surface area contributed by atoms with Crippen molar-refractivity contribution in [3.63, 3.8) is 0 Å².